The molecule has 1 rings (SSSR count). The van der Waals surface area contributed by atoms with Crippen LogP contribution < -0.4 is 5.32 Å². The summed E-state index contributed by atoms with van der Waals surface area (Å²) in [5, 5.41) is 54.8. The van der Waals surface area contributed by atoms with E-state index < -0.39 is 78.5 Å². The van der Waals surface area contributed by atoms with E-state index in [1.165, 1.54) is 64.2 Å². The van der Waals surface area contributed by atoms with Crippen LogP contribution in [0.25, 0.3) is 0 Å². The molecule has 14 heteroatoms. The number of amides is 1. The molecule has 0 aromatic heterocycles. The van der Waals surface area contributed by atoms with Crippen LogP contribution in [-0.4, -0.2) is 107 Å². The number of ether oxygens (including phenoxy) is 2. The summed E-state index contributed by atoms with van der Waals surface area (Å²) >= 11 is 0. The lowest BCUT2D eigenvalue weighted by Gasteiger charge is -2.41. The predicted molar refractivity (Wildman–Crippen MR) is 196 cm³/mol. The molecule has 1 amide bonds. The molecule has 7 N–H and O–H groups in total. The molecule has 1 fully saturated rings. The van der Waals surface area contributed by atoms with E-state index in [-0.39, 0.29) is 6.42 Å². The number of rotatable bonds is 31. The lowest BCUT2D eigenvalue weighted by molar-refractivity contribution is -0.298. The number of aliphatic hydroxyl groups excluding tert-OH is 5. The summed E-state index contributed by atoms with van der Waals surface area (Å²) in [5.41, 5.74) is 0. The summed E-state index contributed by atoms with van der Waals surface area (Å²) in [6.45, 7) is 3.16. The third-order valence-electron chi connectivity index (χ3n) is 9.13. The summed E-state index contributed by atoms with van der Waals surface area (Å²) in [4.78, 5) is 13.0. The van der Waals surface area contributed by atoms with E-state index in [9.17, 15) is 38.7 Å². The molecule has 8 unspecified atom stereocenters. The average Bonchev–Trinajstić information content (AvgIpc) is 3.09. The summed E-state index contributed by atoms with van der Waals surface area (Å²) in [6, 6.07) is -1.06. The summed E-state index contributed by atoms with van der Waals surface area (Å²) < 4.78 is 47.2. The van der Waals surface area contributed by atoms with Crippen molar-refractivity contribution in [2.75, 3.05) is 13.2 Å². The van der Waals surface area contributed by atoms with Crippen LogP contribution in [0.1, 0.15) is 142 Å². The number of hydrogen-bond donors (Lipinski definition) is 7. The Hall–Kier alpha value is -1.46. The van der Waals surface area contributed by atoms with E-state index in [2.05, 4.69) is 35.5 Å². The van der Waals surface area contributed by atoms with Crippen LogP contribution in [0.2, 0.25) is 0 Å². The van der Waals surface area contributed by atoms with Gasteiger partial charge in [-0.25, -0.2) is 4.18 Å². The molecule has 0 radical (unpaired) electrons. The molecule has 8 atom stereocenters. The van der Waals surface area contributed by atoms with E-state index in [4.69, 9.17) is 14.0 Å². The second kappa shape index (κ2) is 29.0. The summed E-state index contributed by atoms with van der Waals surface area (Å²) in [7, 11) is -5.11. The monoisotopic (exact) mass is 751 g/mol. The Labute approximate surface area is 306 Å². The fourth-order valence-electron chi connectivity index (χ4n) is 5.98. The number of carbonyl (C=O) groups excluding carboxylic acids is 1. The van der Waals surface area contributed by atoms with Gasteiger partial charge in [-0.3, -0.25) is 9.35 Å². The van der Waals surface area contributed by atoms with Crippen LogP contribution in [0, 0.1) is 0 Å². The average molecular weight is 752 g/mol. The highest BCUT2D eigenvalue weighted by Crippen LogP contribution is 2.26. The highest BCUT2D eigenvalue weighted by Gasteiger charge is 2.48. The van der Waals surface area contributed by atoms with Crippen molar-refractivity contribution in [1.82, 2.24) is 5.32 Å². The van der Waals surface area contributed by atoms with Crippen molar-refractivity contribution < 1.29 is 57.0 Å². The fourth-order valence-corrected chi connectivity index (χ4v) is 6.49. The highest BCUT2D eigenvalue weighted by atomic mass is 32.3. The second-order valence-electron chi connectivity index (χ2n) is 13.7. The molecule has 0 bridgehead atoms. The third kappa shape index (κ3) is 22.4. The normalized spacial score (nSPS) is 23.2. The Morgan fingerprint density at radius 3 is 1.92 bits per heavy atom. The topological polar surface area (TPSA) is 212 Å². The number of nitrogens with one attached hydrogen (secondary N) is 1. The first-order chi connectivity index (χ1) is 24.4. The van der Waals surface area contributed by atoms with Crippen LogP contribution in [0.3, 0.4) is 0 Å². The second-order valence-corrected chi connectivity index (χ2v) is 14.7. The maximum absolute atomic E-state index is 13.0. The standard InChI is InChI=1S/C37H69NO12S/c1-3-5-7-9-11-13-15-16-18-20-22-24-26-31(41)36(44)38-29(30(40)25-23-21-19-17-14-12-10-8-6-4-2)28-48-37-34(43)35(50-51(45,46)47)33(42)32(27-39)49-37/h16,18,22,24,29-35,37,39-43H,3-15,17,19-21,23,25-28H2,1-2H3,(H,38,44)(H,45,46,47)/b18-16-,24-22-. The molecule has 0 aliphatic carbocycles. The first kappa shape index (κ1) is 47.6. The Morgan fingerprint density at radius 2 is 1.35 bits per heavy atom. The molecular formula is C37H69NO12S. The smallest absolute Gasteiger partial charge is 0.394 e. The van der Waals surface area contributed by atoms with Gasteiger partial charge in [0.25, 0.3) is 0 Å². The summed E-state index contributed by atoms with van der Waals surface area (Å²) in [6.07, 6.45) is 17.0. The molecule has 1 heterocycles. The van der Waals surface area contributed by atoms with Crippen molar-refractivity contribution in [2.45, 2.75) is 191 Å². The van der Waals surface area contributed by atoms with Crippen LogP contribution in [0.4, 0.5) is 0 Å². The first-order valence-corrected chi connectivity index (χ1v) is 20.7. The van der Waals surface area contributed by atoms with E-state index in [1.807, 2.05) is 6.08 Å². The van der Waals surface area contributed by atoms with Crippen molar-refractivity contribution in [3.8, 4) is 0 Å². The minimum atomic E-state index is -5.11. The van der Waals surface area contributed by atoms with Crippen molar-refractivity contribution in [3.05, 3.63) is 24.3 Å². The Kier molecular flexibility index (Phi) is 27.0. The molecular weight excluding hydrogens is 682 g/mol. The van der Waals surface area contributed by atoms with E-state index in [0.29, 0.717) is 19.3 Å². The van der Waals surface area contributed by atoms with E-state index in [0.717, 1.165) is 38.5 Å². The van der Waals surface area contributed by atoms with Gasteiger partial charge in [-0.2, -0.15) is 8.42 Å². The van der Waals surface area contributed by atoms with Gasteiger partial charge in [-0.05, 0) is 25.7 Å². The molecule has 13 nitrogen and oxygen atoms in total. The minimum Gasteiger partial charge on any atom is -0.394 e. The van der Waals surface area contributed by atoms with E-state index in [1.54, 1.807) is 6.08 Å². The Balaban J connectivity index is 2.73. The Bertz CT molecular complexity index is 1040. The van der Waals surface area contributed by atoms with Gasteiger partial charge in [0, 0.05) is 6.42 Å². The van der Waals surface area contributed by atoms with Gasteiger partial charge in [0.1, 0.15) is 30.5 Å². The molecule has 51 heavy (non-hydrogen) atoms. The minimum absolute atomic E-state index is 0.0500. The molecule has 0 spiro atoms. The van der Waals surface area contributed by atoms with Crippen LogP contribution in [0.15, 0.2) is 24.3 Å². The van der Waals surface area contributed by atoms with Crippen molar-refractivity contribution in [3.63, 3.8) is 0 Å². The van der Waals surface area contributed by atoms with Crippen LogP contribution in [-0.2, 0) is 28.9 Å². The van der Waals surface area contributed by atoms with Crippen molar-refractivity contribution in [2.24, 2.45) is 0 Å². The SMILES string of the molecule is CCCCCCCC/C=C\C/C=C\CC(O)C(=O)NC(COC1OC(CO)C(O)C(OS(=O)(=O)O)C1O)C(O)CCCCCCCCCCCC. The molecule has 0 saturated carbocycles. The first-order valence-electron chi connectivity index (χ1n) is 19.3. The maximum atomic E-state index is 13.0. The molecule has 1 aliphatic heterocycles. The van der Waals surface area contributed by atoms with Gasteiger partial charge in [0.2, 0.25) is 5.91 Å². The molecule has 300 valence electrons. The number of allylic oxidation sites excluding steroid dienone is 3. The molecule has 1 saturated heterocycles. The summed E-state index contributed by atoms with van der Waals surface area (Å²) in [5.74, 6) is -0.740. The number of unbranched alkanes of at least 4 members (excludes halogenated alkanes) is 15. The van der Waals surface area contributed by atoms with Gasteiger partial charge in [-0.15, -0.1) is 0 Å². The molecule has 0 aromatic carbocycles. The molecule has 0 aromatic rings. The largest absolute Gasteiger partial charge is 0.397 e. The zero-order valence-corrected chi connectivity index (χ0v) is 31.8. The highest BCUT2D eigenvalue weighted by molar-refractivity contribution is 7.80. The Morgan fingerprint density at radius 1 is 0.804 bits per heavy atom. The van der Waals surface area contributed by atoms with Crippen molar-refractivity contribution >= 4 is 16.3 Å². The zero-order chi connectivity index (χ0) is 37.9. The van der Waals surface area contributed by atoms with Crippen LogP contribution >= 0.6 is 0 Å². The van der Waals surface area contributed by atoms with Crippen molar-refractivity contribution in [1.29, 1.82) is 0 Å². The predicted octanol–water partition coefficient (Wildman–Crippen LogP) is 4.79. The number of hydrogen-bond acceptors (Lipinski definition) is 11. The maximum Gasteiger partial charge on any atom is 0.397 e. The lowest BCUT2D eigenvalue weighted by Crippen LogP contribution is -2.61. The zero-order valence-electron chi connectivity index (χ0n) is 31.0. The third-order valence-corrected chi connectivity index (χ3v) is 9.60. The van der Waals surface area contributed by atoms with Gasteiger partial charge < -0.3 is 40.3 Å². The quantitative estimate of drug-likeness (QED) is 0.0290. The van der Waals surface area contributed by atoms with E-state index >= 15 is 0 Å². The number of aliphatic hydroxyl groups is 5. The van der Waals surface area contributed by atoms with Gasteiger partial charge in [-0.1, -0.05) is 134 Å². The fraction of sp³-hybridized carbons (Fsp3) is 0.865. The number of carbonyl (C=O) groups is 1. The molecule has 1 aliphatic rings. The lowest BCUT2D eigenvalue weighted by atomic mass is 9.99. The van der Waals surface area contributed by atoms with Gasteiger partial charge in [0.15, 0.2) is 6.29 Å². The van der Waals surface area contributed by atoms with Gasteiger partial charge >= 0.3 is 10.4 Å². The van der Waals surface area contributed by atoms with Gasteiger partial charge in [0.05, 0.1) is 25.4 Å². The van der Waals surface area contributed by atoms with Crippen LogP contribution in [0.5, 0.6) is 0 Å².